The molecule has 1 aliphatic carbocycles. The molecule has 0 saturated heterocycles. The minimum atomic E-state index is 0. The maximum absolute atomic E-state index is 12.0. The number of anilines is 1. The van der Waals surface area contributed by atoms with Gasteiger partial charge in [0.05, 0.1) is 0 Å². The molecule has 1 fully saturated rings. The summed E-state index contributed by atoms with van der Waals surface area (Å²) in [5, 5.41) is 6.42. The van der Waals surface area contributed by atoms with Crippen LogP contribution in [0.2, 0.25) is 0 Å². The fourth-order valence-corrected chi connectivity index (χ4v) is 3.25. The predicted octanol–water partition coefficient (Wildman–Crippen LogP) is 3.27. The van der Waals surface area contributed by atoms with Crippen LogP contribution in [0, 0.1) is 5.92 Å². The lowest BCUT2D eigenvalue weighted by Gasteiger charge is -2.18. The molecule has 0 atom stereocenters. The molecule has 0 spiro atoms. The van der Waals surface area contributed by atoms with Gasteiger partial charge >= 0.3 is 0 Å². The summed E-state index contributed by atoms with van der Waals surface area (Å²) in [7, 11) is 0. The van der Waals surface area contributed by atoms with Gasteiger partial charge in [-0.05, 0) is 55.0 Å². The third kappa shape index (κ3) is 3.74. The number of halogens is 1. The zero-order valence-electron chi connectivity index (χ0n) is 11.8. The Morgan fingerprint density at radius 2 is 2.05 bits per heavy atom. The zero-order valence-corrected chi connectivity index (χ0v) is 12.6. The number of fused-ring (bicyclic) bond motifs is 1. The smallest absolute Gasteiger partial charge is 0.224 e. The van der Waals surface area contributed by atoms with Gasteiger partial charge in [-0.2, -0.15) is 0 Å². The first kappa shape index (κ1) is 15.3. The Kier molecular flexibility index (Phi) is 5.44. The molecule has 3 nitrogen and oxygen atoms in total. The summed E-state index contributed by atoms with van der Waals surface area (Å²) in [5.41, 5.74) is 3.68. The molecule has 1 saturated carbocycles. The third-order valence-corrected chi connectivity index (χ3v) is 4.33. The SMILES string of the molecule is Cl.O=C(CC1CCCC1)Nc1ccc2c(c1)CNCC2. The van der Waals surface area contributed by atoms with Crippen LogP contribution in [0.1, 0.15) is 43.2 Å². The molecule has 0 aromatic heterocycles. The minimum Gasteiger partial charge on any atom is -0.326 e. The predicted molar refractivity (Wildman–Crippen MR) is 84.3 cm³/mol. The summed E-state index contributed by atoms with van der Waals surface area (Å²) >= 11 is 0. The van der Waals surface area contributed by atoms with E-state index in [2.05, 4.69) is 22.8 Å². The number of hydrogen-bond donors (Lipinski definition) is 2. The quantitative estimate of drug-likeness (QED) is 0.898. The number of benzene rings is 1. The van der Waals surface area contributed by atoms with Gasteiger partial charge in [0.25, 0.3) is 0 Å². The van der Waals surface area contributed by atoms with Gasteiger partial charge in [-0.1, -0.05) is 18.9 Å². The van der Waals surface area contributed by atoms with E-state index >= 15 is 0 Å². The summed E-state index contributed by atoms with van der Waals surface area (Å²) in [5.74, 6) is 0.787. The largest absolute Gasteiger partial charge is 0.326 e. The lowest BCUT2D eigenvalue weighted by molar-refractivity contribution is -0.117. The number of carbonyl (C=O) groups excluding carboxylic acids is 1. The number of hydrogen-bond acceptors (Lipinski definition) is 2. The van der Waals surface area contributed by atoms with Crippen molar-refractivity contribution in [2.45, 2.75) is 45.1 Å². The Labute approximate surface area is 126 Å². The van der Waals surface area contributed by atoms with Crippen LogP contribution in [0.25, 0.3) is 0 Å². The fourth-order valence-electron chi connectivity index (χ4n) is 3.25. The van der Waals surface area contributed by atoms with Crippen LogP contribution in [-0.2, 0) is 17.8 Å². The molecule has 2 aliphatic rings. The summed E-state index contributed by atoms with van der Waals surface area (Å²) in [6.07, 6.45) is 6.81. The molecule has 4 heteroatoms. The lowest BCUT2D eigenvalue weighted by atomic mass is 10.00. The van der Waals surface area contributed by atoms with Crippen molar-refractivity contribution in [1.82, 2.24) is 5.32 Å². The van der Waals surface area contributed by atoms with Crippen LogP contribution >= 0.6 is 12.4 Å². The molecule has 1 heterocycles. The first-order chi connectivity index (χ1) is 9.31. The van der Waals surface area contributed by atoms with E-state index in [4.69, 9.17) is 0 Å². The van der Waals surface area contributed by atoms with E-state index in [0.29, 0.717) is 12.3 Å². The van der Waals surface area contributed by atoms with Crippen molar-refractivity contribution in [3.63, 3.8) is 0 Å². The molecule has 110 valence electrons. The van der Waals surface area contributed by atoms with Gasteiger partial charge < -0.3 is 10.6 Å². The van der Waals surface area contributed by atoms with E-state index in [9.17, 15) is 4.79 Å². The van der Waals surface area contributed by atoms with Crippen LogP contribution in [0.5, 0.6) is 0 Å². The van der Waals surface area contributed by atoms with E-state index in [1.54, 1.807) is 0 Å². The van der Waals surface area contributed by atoms with Gasteiger partial charge in [0, 0.05) is 18.7 Å². The Morgan fingerprint density at radius 1 is 1.25 bits per heavy atom. The van der Waals surface area contributed by atoms with Crippen molar-refractivity contribution in [2.75, 3.05) is 11.9 Å². The normalized spacial score (nSPS) is 18.2. The molecular formula is C16H23ClN2O. The van der Waals surface area contributed by atoms with Crippen LogP contribution in [0.4, 0.5) is 5.69 Å². The highest BCUT2D eigenvalue weighted by atomic mass is 35.5. The number of rotatable bonds is 3. The van der Waals surface area contributed by atoms with Crippen molar-refractivity contribution in [2.24, 2.45) is 5.92 Å². The second-order valence-corrected chi connectivity index (χ2v) is 5.81. The van der Waals surface area contributed by atoms with Gasteiger partial charge in [-0.15, -0.1) is 12.4 Å². The summed E-state index contributed by atoms with van der Waals surface area (Å²) < 4.78 is 0. The third-order valence-electron chi connectivity index (χ3n) is 4.33. The maximum atomic E-state index is 12.0. The van der Waals surface area contributed by atoms with Gasteiger partial charge in [-0.25, -0.2) is 0 Å². The Hall–Kier alpha value is -1.06. The summed E-state index contributed by atoms with van der Waals surface area (Å²) in [6.45, 7) is 1.97. The maximum Gasteiger partial charge on any atom is 0.224 e. The molecule has 20 heavy (non-hydrogen) atoms. The van der Waals surface area contributed by atoms with Crippen LogP contribution in [0.3, 0.4) is 0 Å². The zero-order chi connectivity index (χ0) is 13.1. The van der Waals surface area contributed by atoms with Crippen molar-refractivity contribution in [3.8, 4) is 0 Å². The van der Waals surface area contributed by atoms with Crippen molar-refractivity contribution in [1.29, 1.82) is 0 Å². The van der Waals surface area contributed by atoms with E-state index in [1.165, 1.54) is 36.8 Å². The van der Waals surface area contributed by atoms with Gasteiger partial charge in [0.2, 0.25) is 5.91 Å². The molecule has 0 radical (unpaired) electrons. The van der Waals surface area contributed by atoms with Crippen molar-refractivity contribution >= 4 is 24.0 Å². The standard InChI is InChI=1S/C16H22N2O.ClH/c19-16(9-12-3-1-2-4-12)18-15-6-5-13-7-8-17-11-14(13)10-15;/h5-6,10,12,17H,1-4,7-9,11H2,(H,18,19);1H. The summed E-state index contributed by atoms with van der Waals surface area (Å²) in [6, 6.07) is 6.31. The van der Waals surface area contributed by atoms with Crippen LogP contribution in [-0.4, -0.2) is 12.5 Å². The van der Waals surface area contributed by atoms with E-state index in [0.717, 1.165) is 25.2 Å². The first-order valence-electron chi connectivity index (χ1n) is 7.43. The molecule has 0 unspecified atom stereocenters. The lowest BCUT2D eigenvalue weighted by Crippen LogP contribution is -2.24. The van der Waals surface area contributed by atoms with Gasteiger partial charge in [0.1, 0.15) is 0 Å². The average molecular weight is 295 g/mol. The highest BCUT2D eigenvalue weighted by Crippen LogP contribution is 2.28. The molecule has 1 aliphatic heterocycles. The number of nitrogens with one attached hydrogen (secondary N) is 2. The second-order valence-electron chi connectivity index (χ2n) is 5.81. The number of amides is 1. The molecule has 1 aromatic carbocycles. The number of carbonyl (C=O) groups is 1. The van der Waals surface area contributed by atoms with Crippen LogP contribution in [0.15, 0.2) is 18.2 Å². The van der Waals surface area contributed by atoms with E-state index in [1.807, 2.05) is 6.07 Å². The van der Waals surface area contributed by atoms with E-state index < -0.39 is 0 Å². The van der Waals surface area contributed by atoms with Crippen LogP contribution < -0.4 is 10.6 Å². The van der Waals surface area contributed by atoms with Gasteiger partial charge in [0.15, 0.2) is 0 Å². The second kappa shape index (κ2) is 7.09. The topological polar surface area (TPSA) is 41.1 Å². The Morgan fingerprint density at radius 3 is 2.85 bits per heavy atom. The minimum absolute atomic E-state index is 0. The molecule has 3 rings (SSSR count). The summed E-state index contributed by atoms with van der Waals surface area (Å²) in [4.78, 5) is 12.0. The molecule has 0 bridgehead atoms. The highest BCUT2D eigenvalue weighted by Gasteiger charge is 2.18. The first-order valence-corrected chi connectivity index (χ1v) is 7.43. The van der Waals surface area contributed by atoms with Gasteiger partial charge in [-0.3, -0.25) is 4.79 Å². The van der Waals surface area contributed by atoms with E-state index in [-0.39, 0.29) is 18.3 Å². The average Bonchev–Trinajstić information content (AvgIpc) is 2.91. The molecule has 1 aromatic rings. The fraction of sp³-hybridized carbons (Fsp3) is 0.562. The molecule has 1 amide bonds. The Bertz CT molecular complexity index is 470. The Balaban J connectivity index is 0.00000147. The van der Waals surface area contributed by atoms with Crippen molar-refractivity contribution in [3.05, 3.63) is 29.3 Å². The molecule has 2 N–H and O–H groups in total. The van der Waals surface area contributed by atoms with Crippen molar-refractivity contribution < 1.29 is 4.79 Å². The molecular weight excluding hydrogens is 272 g/mol. The monoisotopic (exact) mass is 294 g/mol. The highest BCUT2D eigenvalue weighted by molar-refractivity contribution is 5.91.